The van der Waals surface area contributed by atoms with E-state index in [2.05, 4.69) is 31.3 Å². The standard InChI is InChI=1S/C15H23NOS/c1-5-12(4)18-14-8-6-13(7-9-14)16-15(17)10-11(2)3/h6-9,11-12H,5,10H2,1-4H3,(H,16,17). The van der Waals surface area contributed by atoms with Crippen molar-refractivity contribution in [1.82, 2.24) is 0 Å². The van der Waals surface area contributed by atoms with Gasteiger partial charge in [-0.05, 0) is 36.6 Å². The van der Waals surface area contributed by atoms with E-state index in [0.29, 0.717) is 17.6 Å². The number of anilines is 1. The molecule has 1 rings (SSSR count). The van der Waals surface area contributed by atoms with Crippen molar-refractivity contribution in [1.29, 1.82) is 0 Å². The molecule has 0 aliphatic carbocycles. The van der Waals surface area contributed by atoms with E-state index in [1.807, 2.05) is 37.7 Å². The molecule has 1 N–H and O–H groups in total. The summed E-state index contributed by atoms with van der Waals surface area (Å²) in [5.41, 5.74) is 0.883. The maximum absolute atomic E-state index is 11.6. The lowest BCUT2D eigenvalue weighted by Crippen LogP contribution is -2.13. The molecule has 0 aliphatic heterocycles. The molecule has 0 bridgehead atoms. The van der Waals surface area contributed by atoms with E-state index < -0.39 is 0 Å². The molecule has 0 aliphatic rings. The number of amides is 1. The van der Waals surface area contributed by atoms with Gasteiger partial charge in [0.05, 0.1) is 0 Å². The van der Waals surface area contributed by atoms with Crippen molar-refractivity contribution in [3.8, 4) is 0 Å². The Kier molecular flexibility index (Phi) is 6.27. The van der Waals surface area contributed by atoms with Crippen LogP contribution in [0.4, 0.5) is 5.69 Å². The second kappa shape index (κ2) is 7.47. The minimum Gasteiger partial charge on any atom is -0.326 e. The quantitative estimate of drug-likeness (QED) is 0.764. The van der Waals surface area contributed by atoms with Gasteiger partial charge in [-0.3, -0.25) is 4.79 Å². The summed E-state index contributed by atoms with van der Waals surface area (Å²) >= 11 is 1.87. The van der Waals surface area contributed by atoms with Crippen LogP contribution in [0.2, 0.25) is 0 Å². The lowest BCUT2D eigenvalue weighted by atomic mass is 10.1. The summed E-state index contributed by atoms with van der Waals surface area (Å²) in [6.07, 6.45) is 1.74. The van der Waals surface area contributed by atoms with Crippen LogP contribution >= 0.6 is 11.8 Å². The zero-order valence-corrected chi connectivity index (χ0v) is 12.5. The van der Waals surface area contributed by atoms with E-state index in [9.17, 15) is 4.79 Å². The molecule has 1 aromatic rings. The lowest BCUT2D eigenvalue weighted by molar-refractivity contribution is -0.116. The SMILES string of the molecule is CCC(C)Sc1ccc(NC(=O)CC(C)C)cc1. The molecule has 100 valence electrons. The number of carbonyl (C=O) groups excluding carboxylic acids is 1. The Balaban J connectivity index is 2.52. The number of rotatable bonds is 6. The highest BCUT2D eigenvalue weighted by Gasteiger charge is 2.06. The molecular weight excluding hydrogens is 242 g/mol. The Hall–Kier alpha value is -0.960. The Morgan fingerprint density at radius 3 is 2.33 bits per heavy atom. The first kappa shape index (κ1) is 15.1. The molecule has 0 radical (unpaired) electrons. The van der Waals surface area contributed by atoms with Gasteiger partial charge in [-0.1, -0.05) is 27.7 Å². The van der Waals surface area contributed by atoms with Crippen LogP contribution in [0, 0.1) is 5.92 Å². The molecule has 0 saturated heterocycles. The van der Waals surface area contributed by atoms with Crippen LogP contribution in [0.15, 0.2) is 29.2 Å². The Labute approximate surface area is 115 Å². The van der Waals surface area contributed by atoms with E-state index >= 15 is 0 Å². The average molecular weight is 265 g/mol. The second-order valence-corrected chi connectivity index (χ2v) is 6.52. The molecule has 0 fully saturated rings. The van der Waals surface area contributed by atoms with Crippen molar-refractivity contribution in [2.45, 2.75) is 50.7 Å². The van der Waals surface area contributed by atoms with Crippen molar-refractivity contribution in [2.75, 3.05) is 5.32 Å². The molecule has 0 heterocycles. The molecule has 2 nitrogen and oxygen atoms in total. The van der Waals surface area contributed by atoms with E-state index in [4.69, 9.17) is 0 Å². The minimum absolute atomic E-state index is 0.0901. The summed E-state index contributed by atoms with van der Waals surface area (Å²) in [4.78, 5) is 12.9. The molecule has 18 heavy (non-hydrogen) atoms. The highest BCUT2D eigenvalue weighted by molar-refractivity contribution is 7.99. The maximum Gasteiger partial charge on any atom is 0.224 e. The number of benzene rings is 1. The summed E-state index contributed by atoms with van der Waals surface area (Å²) in [7, 11) is 0. The van der Waals surface area contributed by atoms with Gasteiger partial charge in [0, 0.05) is 22.3 Å². The molecule has 0 saturated carbocycles. The van der Waals surface area contributed by atoms with Gasteiger partial charge in [0.15, 0.2) is 0 Å². The highest BCUT2D eigenvalue weighted by atomic mass is 32.2. The molecular formula is C15H23NOS. The molecule has 0 aromatic heterocycles. The normalized spacial score (nSPS) is 12.5. The molecule has 1 amide bonds. The molecule has 1 aromatic carbocycles. The Morgan fingerprint density at radius 2 is 1.83 bits per heavy atom. The number of hydrogen-bond acceptors (Lipinski definition) is 2. The van der Waals surface area contributed by atoms with Crippen LogP contribution in [0.25, 0.3) is 0 Å². The molecule has 1 atom stereocenters. The molecule has 0 spiro atoms. The Bertz CT molecular complexity index is 373. The monoisotopic (exact) mass is 265 g/mol. The van der Waals surface area contributed by atoms with Crippen LogP contribution in [0.3, 0.4) is 0 Å². The Morgan fingerprint density at radius 1 is 1.22 bits per heavy atom. The summed E-state index contributed by atoms with van der Waals surface area (Å²) in [6.45, 7) is 8.51. The first-order valence-electron chi connectivity index (χ1n) is 6.57. The largest absolute Gasteiger partial charge is 0.326 e. The van der Waals surface area contributed by atoms with Crippen LogP contribution in [0.1, 0.15) is 40.5 Å². The van der Waals surface area contributed by atoms with Gasteiger partial charge >= 0.3 is 0 Å². The van der Waals surface area contributed by atoms with Crippen molar-refractivity contribution < 1.29 is 4.79 Å². The molecule has 1 unspecified atom stereocenters. The summed E-state index contributed by atoms with van der Waals surface area (Å²) in [5.74, 6) is 0.484. The average Bonchev–Trinajstić information content (AvgIpc) is 2.30. The van der Waals surface area contributed by atoms with Crippen LogP contribution in [-0.2, 0) is 4.79 Å². The first-order chi connectivity index (χ1) is 8.51. The van der Waals surface area contributed by atoms with Crippen molar-refractivity contribution in [2.24, 2.45) is 5.92 Å². The fourth-order valence-electron chi connectivity index (χ4n) is 1.52. The fourth-order valence-corrected chi connectivity index (χ4v) is 2.44. The predicted octanol–water partition coefficient (Wildman–Crippen LogP) is 4.56. The third-order valence-electron chi connectivity index (χ3n) is 2.64. The zero-order valence-electron chi connectivity index (χ0n) is 11.7. The van der Waals surface area contributed by atoms with Crippen molar-refractivity contribution >= 4 is 23.4 Å². The summed E-state index contributed by atoms with van der Waals surface area (Å²) < 4.78 is 0. The van der Waals surface area contributed by atoms with E-state index in [0.717, 1.165) is 12.1 Å². The fraction of sp³-hybridized carbons (Fsp3) is 0.533. The second-order valence-electron chi connectivity index (χ2n) is 5.01. The van der Waals surface area contributed by atoms with Gasteiger partial charge in [0.25, 0.3) is 0 Å². The topological polar surface area (TPSA) is 29.1 Å². The van der Waals surface area contributed by atoms with Crippen LogP contribution in [0.5, 0.6) is 0 Å². The van der Waals surface area contributed by atoms with Gasteiger partial charge in [0.1, 0.15) is 0 Å². The highest BCUT2D eigenvalue weighted by Crippen LogP contribution is 2.26. The third-order valence-corrected chi connectivity index (χ3v) is 3.92. The molecule has 3 heteroatoms. The van der Waals surface area contributed by atoms with Crippen LogP contribution < -0.4 is 5.32 Å². The number of nitrogens with one attached hydrogen (secondary N) is 1. The summed E-state index contributed by atoms with van der Waals surface area (Å²) in [5, 5.41) is 3.55. The predicted molar refractivity (Wildman–Crippen MR) is 80.1 cm³/mol. The summed E-state index contributed by atoms with van der Waals surface area (Å²) in [6, 6.07) is 8.09. The zero-order chi connectivity index (χ0) is 13.5. The smallest absolute Gasteiger partial charge is 0.224 e. The van der Waals surface area contributed by atoms with E-state index in [1.165, 1.54) is 4.90 Å². The van der Waals surface area contributed by atoms with Gasteiger partial charge in [-0.25, -0.2) is 0 Å². The minimum atomic E-state index is 0.0901. The van der Waals surface area contributed by atoms with E-state index in [-0.39, 0.29) is 5.91 Å². The van der Waals surface area contributed by atoms with Gasteiger partial charge in [0.2, 0.25) is 5.91 Å². The van der Waals surface area contributed by atoms with Crippen molar-refractivity contribution in [3.63, 3.8) is 0 Å². The van der Waals surface area contributed by atoms with E-state index in [1.54, 1.807) is 0 Å². The number of carbonyl (C=O) groups is 1. The van der Waals surface area contributed by atoms with Crippen LogP contribution in [-0.4, -0.2) is 11.2 Å². The van der Waals surface area contributed by atoms with Gasteiger partial charge in [-0.2, -0.15) is 0 Å². The third kappa shape index (κ3) is 5.58. The lowest BCUT2D eigenvalue weighted by Gasteiger charge is -2.10. The van der Waals surface area contributed by atoms with Gasteiger partial charge < -0.3 is 5.32 Å². The van der Waals surface area contributed by atoms with Crippen molar-refractivity contribution in [3.05, 3.63) is 24.3 Å². The number of thioether (sulfide) groups is 1. The number of hydrogen-bond donors (Lipinski definition) is 1. The maximum atomic E-state index is 11.6. The van der Waals surface area contributed by atoms with Gasteiger partial charge in [-0.15, -0.1) is 11.8 Å². The first-order valence-corrected chi connectivity index (χ1v) is 7.45.